The van der Waals surface area contributed by atoms with Crippen molar-refractivity contribution in [3.8, 4) is 0 Å². The second-order valence-corrected chi connectivity index (χ2v) is 4.02. The molecule has 98 valence electrons. The zero-order valence-electron chi connectivity index (χ0n) is 9.93. The van der Waals surface area contributed by atoms with Crippen LogP contribution in [0.1, 0.15) is 0 Å². The molecule has 3 N–H and O–H groups in total. The van der Waals surface area contributed by atoms with Gasteiger partial charge in [0.15, 0.2) is 16.8 Å². The standard InChI is InChI=1S/C10H7N9O/c11-10-12-1-5-7(17-10)18(3-15-5)19-4-16-6-8(19)13-2-14-9(6)20/h1-4H,(H2,11,12,17)(H,13,14,20). The van der Waals surface area contributed by atoms with Gasteiger partial charge < -0.3 is 10.7 Å². The highest BCUT2D eigenvalue weighted by atomic mass is 16.1. The SMILES string of the molecule is Nc1ncc2ncn(-n3cnc4c(=O)[nH]cnc43)c2n1. The molecule has 0 amide bonds. The molecule has 4 heterocycles. The third-order valence-electron chi connectivity index (χ3n) is 2.85. The summed E-state index contributed by atoms with van der Waals surface area (Å²) in [5.41, 5.74) is 6.97. The molecular formula is C10H7N9O. The highest BCUT2D eigenvalue weighted by Crippen LogP contribution is 2.13. The summed E-state index contributed by atoms with van der Waals surface area (Å²) in [6.07, 6.45) is 5.83. The second kappa shape index (κ2) is 3.60. The Hall–Kier alpha value is -3.30. The predicted octanol–water partition coefficient (Wildman–Crippen LogP) is -0.847. The molecule has 10 heteroatoms. The monoisotopic (exact) mass is 269 g/mol. The number of imidazole rings is 2. The summed E-state index contributed by atoms with van der Waals surface area (Å²) in [5.74, 6) is 0.134. The molecule has 0 aliphatic heterocycles. The Labute approximate surface area is 109 Å². The van der Waals surface area contributed by atoms with E-state index in [0.717, 1.165) is 0 Å². The highest BCUT2D eigenvalue weighted by Gasteiger charge is 2.12. The molecule has 0 aliphatic rings. The minimum Gasteiger partial charge on any atom is -0.368 e. The molecule has 10 nitrogen and oxygen atoms in total. The van der Waals surface area contributed by atoms with Crippen LogP contribution in [0.2, 0.25) is 0 Å². The molecule has 4 rings (SSSR count). The lowest BCUT2D eigenvalue weighted by Crippen LogP contribution is -2.11. The number of anilines is 1. The Balaban J connectivity index is 2.09. The van der Waals surface area contributed by atoms with Crippen molar-refractivity contribution >= 4 is 28.3 Å². The maximum absolute atomic E-state index is 11.6. The molecular weight excluding hydrogens is 262 g/mol. The van der Waals surface area contributed by atoms with Crippen LogP contribution >= 0.6 is 0 Å². The summed E-state index contributed by atoms with van der Waals surface area (Å²) in [4.78, 5) is 34.4. The molecule has 0 saturated carbocycles. The van der Waals surface area contributed by atoms with E-state index in [0.29, 0.717) is 16.8 Å². The van der Waals surface area contributed by atoms with E-state index >= 15 is 0 Å². The Bertz CT molecular complexity index is 995. The highest BCUT2D eigenvalue weighted by molar-refractivity contribution is 5.73. The average molecular weight is 269 g/mol. The number of rotatable bonds is 1. The topological polar surface area (TPSA) is 133 Å². The van der Waals surface area contributed by atoms with E-state index in [4.69, 9.17) is 5.73 Å². The van der Waals surface area contributed by atoms with Crippen LogP contribution in [0.15, 0.2) is 30.0 Å². The fourth-order valence-corrected chi connectivity index (χ4v) is 1.96. The second-order valence-electron chi connectivity index (χ2n) is 4.02. The molecule has 0 aliphatic carbocycles. The van der Waals surface area contributed by atoms with Crippen molar-refractivity contribution in [3.05, 3.63) is 35.5 Å². The van der Waals surface area contributed by atoms with E-state index in [1.165, 1.54) is 25.2 Å². The quantitative estimate of drug-likeness (QED) is 0.459. The fraction of sp³-hybridized carbons (Fsp3) is 0. The van der Waals surface area contributed by atoms with Gasteiger partial charge in [-0.25, -0.2) is 29.3 Å². The first kappa shape index (κ1) is 10.6. The third kappa shape index (κ3) is 1.32. The summed E-state index contributed by atoms with van der Waals surface area (Å²) >= 11 is 0. The number of hydrogen-bond donors (Lipinski definition) is 2. The van der Waals surface area contributed by atoms with Gasteiger partial charge in [-0.05, 0) is 0 Å². The van der Waals surface area contributed by atoms with Crippen molar-refractivity contribution in [3.63, 3.8) is 0 Å². The van der Waals surface area contributed by atoms with E-state index in [2.05, 4.69) is 29.9 Å². The summed E-state index contributed by atoms with van der Waals surface area (Å²) in [6.45, 7) is 0. The number of H-pyrrole nitrogens is 1. The maximum atomic E-state index is 11.6. The van der Waals surface area contributed by atoms with E-state index in [9.17, 15) is 4.79 Å². The van der Waals surface area contributed by atoms with E-state index in [1.807, 2.05) is 0 Å². The molecule has 0 unspecified atom stereocenters. The Morgan fingerprint density at radius 2 is 1.85 bits per heavy atom. The van der Waals surface area contributed by atoms with Gasteiger partial charge in [0.05, 0.1) is 12.5 Å². The molecule has 4 aromatic heterocycles. The lowest BCUT2D eigenvalue weighted by molar-refractivity contribution is 0.687. The van der Waals surface area contributed by atoms with Gasteiger partial charge in [0.2, 0.25) is 5.95 Å². The van der Waals surface area contributed by atoms with Crippen LogP contribution in [0.25, 0.3) is 22.3 Å². The van der Waals surface area contributed by atoms with E-state index in [-0.39, 0.29) is 17.0 Å². The normalized spacial score (nSPS) is 11.4. The van der Waals surface area contributed by atoms with Gasteiger partial charge in [0.1, 0.15) is 18.2 Å². The first-order valence-corrected chi connectivity index (χ1v) is 5.61. The van der Waals surface area contributed by atoms with Crippen LogP contribution in [-0.2, 0) is 0 Å². The Morgan fingerprint density at radius 3 is 2.75 bits per heavy atom. The zero-order chi connectivity index (χ0) is 13.7. The van der Waals surface area contributed by atoms with Crippen LogP contribution in [0.3, 0.4) is 0 Å². The molecule has 0 bridgehead atoms. The number of aromatic amines is 1. The first-order valence-electron chi connectivity index (χ1n) is 5.61. The van der Waals surface area contributed by atoms with Crippen molar-refractivity contribution in [1.82, 2.24) is 39.3 Å². The molecule has 4 aromatic rings. The third-order valence-corrected chi connectivity index (χ3v) is 2.85. The number of fused-ring (bicyclic) bond motifs is 2. The average Bonchev–Trinajstić information content (AvgIpc) is 3.02. The van der Waals surface area contributed by atoms with Crippen molar-refractivity contribution in [1.29, 1.82) is 0 Å². The minimum absolute atomic E-state index is 0.134. The predicted molar refractivity (Wildman–Crippen MR) is 68.7 cm³/mol. The number of hydrogen-bond acceptors (Lipinski definition) is 7. The van der Waals surface area contributed by atoms with Crippen molar-refractivity contribution in [2.75, 3.05) is 5.73 Å². The van der Waals surface area contributed by atoms with Gasteiger partial charge >= 0.3 is 0 Å². The van der Waals surface area contributed by atoms with Gasteiger partial charge in [-0.2, -0.15) is 4.98 Å². The molecule has 0 saturated heterocycles. The van der Waals surface area contributed by atoms with Gasteiger partial charge in [-0.15, -0.1) is 0 Å². The molecule has 0 atom stereocenters. The van der Waals surface area contributed by atoms with Crippen LogP contribution in [-0.4, -0.2) is 39.3 Å². The molecule has 0 aromatic carbocycles. The Kier molecular flexibility index (Phi) is 1.91. The van der Waals surface area contributed by atoms with Gasteiger partial charge in [-0.3, -0.25) is 4.79 Å². The number of nitrogen functional groups attached to an aromatic ring is 1. The van der Waals surface area contributed by atoms with Crippen LogP contribution in [0, 0.1) is 0 Å². The van der Waals surface area contributed by atoms with Crippen molar-refractivity contribution in [2.45, 2.75) is 0 Å². The molecule has 0 radical (unpaired) electrons. The number of nitrogens with one attached hydrogen (secondary N) is 1. The Morgan fingerprint density at radius 1 is 1.05 bits per heavy atom. The number of aromatic nitrogens is 8. The van der Waals surface area contributed by atoms with Crippen LogP contribution in [0.5, 0.6) is 0 Å². The van der Waals surface area contributed by atoms with Crippen LogP contribution in [0.4, 0.5) is 5.95 Å². The lowest BCUT2D eigenvalue weighted by atomic mass is 10.5. The summed E-state index contributed by atoms with van der Waals surface area (Å²) < 4.78 is 3.15. The summed E-state index contributed by atoms with van der Waals surface area (Å²) in [7, 11) is 0. The van der Waals surface area contributed by atoms with Gasteiger partial charge in [0.25, 0.3) is 5.56 Å². The van der Waals surface area contributed by atoms with E-state index in [1.54, 1.807) is 9.35 Å². The molecule has 20 heavy (non-hydrogen) atoms. The van der Waals surface area contributed by atoms with E-state index < -0.39 is 0 Å². The van der Waals surface area contributed by atoms with Crippen molar-refractivity contribution in [2.24, 2.45) is 0 Å². The van der Waals surface area contributed by atoms with Crippen LogP contribution < -0.4 is 11.3 Å². The fourth-order valence-electron chi connectivity index (χ4n) is 1.96. The van der Waals surface area contributed by atoms with Gasteiger partial charge in [-0.1, -0.05) is 0 Å². The first-order chi connectivity index (χ1) is 9.74. The zero-order valence-corrected chi connectivity index (χ0v) is 9.93. The molecule has 0 fully saturated rings. The number of nitrogens with zero attached hydrogens (tertiary/aromatic N) is 7. The maximum Gasteiger partial charge on any atom is 0.278 e. The largest absolute Gasteiger partial charge is 0.368 e. The number of nitrogens with two attached hydrogens (primary N) is 1. The van der Waals surface area contributed by atoms with Crippen molar-refractivity contribution < 1.29 is 0 Å². The smallest absolute Gasteiger partial charge is 0.278 e. The summed E-state index contributed by atoms with van der Waals surface area (Å²) in [5, 5.41) is 0. The van der Waals surface area contributed by atoms with Gasteiger partial charge in [0, 0.05) is 0 Å². The molecule has 0 spiro atoms. The summed E-state index contributed by atoms with van der Waals surface area (Å²) in [6, 6.07) is 0. The lowest BCUT2D eigenvalue weighted by Gasteiger charge is -2.04. The minimum atomic E-state index is -0.313.